The molecule has 5 heteroatoms. The molecule has 0 radical (unpaired) electrons. The molecular formula is C9H12N2O3. The topological polar surface area (TPSA) is 76.2 Å². The first-order valence-corrected chi connectivity index (χ1v) is 4.78. The Morgan fingerprint density at radius 3 is 2.93 bits per heavy atom. The van der Waals surface area contributed by atoms with Crippen LogP contribution in [0.5, 0.6) is 0 Å². The number of carbonyl (C=O) groups is 1. The minimum absolute atomic E-state index is 0.238. The maximum Gasteiger partial charge on any atom is 0.316 e. The lowest BCUT2D eigenvalue weighted by Gasteiger charge is -2.01. The van der Waals surface area contributed by atoms with Crippen molar-refractivity contribution in [2.45, 2.75) is 38.0 Å². The summed E-state index contributed by atoms with van der Waals surface area (Å²) < 4.78 is 4.94. The van der Waals surface area contributed by atoms with Gasteiger partial charge in [0.05, 0.1) is 0 Å². The Balaban J connectivity index is 2.17. The second-order valence-corrected chi connectivity index (χ2v) is 3.56. The van der Waals surface area contributed by atoms with Crippen molar-refractivity contribution in [3.05, 3.63) is 11.7 Å². The Morgan fingerprint density at radius 2 is 2.43 bits per heavy atom. The molecule has 76 valence electrons. The van der Waals surface area contributed by atoms with Crippen LogP contribution in [-0.4, -0.2) is 21.2 Å². The molecule has 1 fully saturated rings. The lowest BCUT2D eigenvalue weighted by Crippen LogP contribution is -2.10. The molecule has 0 saturated heterocycles. The molecule has 0 spiro atoms. The van der Waals surface area contributed by atoms with E-state index >= 15 is 0 Å². The molecule has 1 atom stereocenters. The summed E-state index contributed by atoms with van der Waals surface area (Å²) >= 11 is 0. The van der Waals surface area contributed by atoms with Crippen LogP contribution in [0.15, 0.2) is 4.52 Å². The molecule has 5 nitrogen and oxygen atoms in total. The van der Waals surface area contributed by atoms with Crippen molar-refractivity contribution in [2.75, 3.05) is 0 Å². The van der Waals surface area contributed by atoms with E-state index in [2.05, 4.69) is 10.1 Å². The number of nitrogens with zero attached hydrogens (tertiary/aromatic N) is 2. The van der Waals surface area contributed by atoms with Gasteiger partial charge in [-0.25, -0.2) is 0 Å². The fraction of sp³-hybridized carbons (Fsp3) is 0.667. The van der Waals surface area contributed by atoms with Gasteiger partial charge in [-0.05, 0) is 19.3 Å². The van der Waals surface area contributed by atoms with E-state index in [9.17, 15) is 4.79 Å². The average molecular weight is 196 g/mol. The predicted molar refractivity (Wildman–Crippen MR) is 46.9 cm³/mol. The van der Waals surface area contributed by atoms with Crippen LogP contribution in [0.1, 0.15) is 49.7 Å². The van der Waals surface area contributed by atoms with E-state index in [0.717, 1.165) is 12.8 Å². The van der Waals surface area contributed by atoms with Crippen LogP contribution in [0.4, 0.5) is 0 Å². The number of aromatic nitrogens is 2. The van der Waals surface area contributed by atoms with E-state index in [1.165, 1.54) is 0 Å². The fourth-order valence-electron chi connectivity index (χ4n) is 1.35. The van der Waals surface area contributed by atoms with Crippen LogP contribution in [0.2, 0.25) is 0 Å². The standard InChI is InChI=1S/C9H12N2O3/c1-2-6(9(12)13)8-10-7(11-14-8)5-3-4-5/h5-6H,2-4H2,1H3,(H,12,13). The molecule has 0 aromatic carbocycles. The lowest BCUT2D eigenvalue weighted by molar-refractivity contribution is -0.139. The number of carboxylic acid groups (broad SMARTS) is 1. The number of aliphatic carboxylic acids is 1. The molecule has 1 heterocycles. The number of carboxylic acids is 1. The highest BCUT2D eigenvalue weighted by Crippen LogP contribution is 2.38. The van der Waals surface area contributed by atoms with Crippen molar-refractivity contribution in [1.82, 2.24) is 10.1 Å². The van der Waals surface area contributed by atoms with Crippen LogP contribution in [0, 0.1) is 0 Å². The highest BCUT2D eigenvalue weighted by atomic mass is 16.5. The van der Waals surface area contributed by atoms with Crippen molar-refractivity contribution in [3.63, 3.8) is 0 Å². The second-order valence-electron chi connectivity index (χ2n) is 3.56. The first-order chi connectivity index (χ1) is 6.72. The van der Waals surface area contributed by atoms with Gasteiger partial charge in [0.15, 0.2) is 5.82 Å². The van der Waals surface area contributed by atoms with Gasteiger partial charge in [-0.1, -0.05) is 12.1 Å². The maximum absolute atomic E-state index is 10.8. The molecule has 1 aliphatic rings. The SMILES string of the molecule is CCC(C(=O)O)c1nc(C2CC2)no1. The molecule has 1 aromatic heterocycles. The summed E-state index contributed by atoms with van der Waals surface area (Å²) in [5, 5.41) is 12.6. The molecular weight excluding hydrogens is 184 g/mol. The van der Waals surface area contributed by atoms with Crippen LogP contribution >= 0.6 is 0 Å². The van der Waals surface area contributed by atoms with Crippen molar-refractivity contribution >= 4 is 5.97 Å². The first kappa shape index (κ1) is 9.18. The minimum Gasteiger partial charge on any atom is -0.481 e. The third-order valence-electron chi connectivity index (χ3n) is 2.40. The molecule has 14 heavy (non-hydrogen) atoms. The van der Waals surface area contributed by atoms with Crippen molar-refractivity contribution in [2.24, 2.45) is 0 Å². The quantitative estimate of drug-likeness (QED) is 0.790. The molecule has 1 N–H and O–H groups in total. The number of rotatable bonds is 4. The summed E-state index contributed by atoms with van der Waals surface area (Å²) in [4.78, 5) is 14.9. The van der Waals surface area contributed by atoms with Gasteiger partial charge >= 0.3 is 5.97 Å². The van der Waals surface area contributed by atoms with E-state index in [0.29, 0.717) is 18.2 Å². The molecule has 0 amide bonds. The predicted octanol–water partition coefficient (Wildman–Crippen LogP) is 1.53. The maximum atomic E-state index is 10.8. The minimum atomic E-state index is -0.904. The van der Waals surface area contributed by atoms with E-state index in [-0.39, 0.29) is 5.89 Å². The molecule has 1 saturated carbocycles. The van der Waals surface area contributed by atoms with Gasteiger partial charge in [0, 0.05) is 5.92 Å². The summed E-state index contributed by atoms with van der Waals surface area (Å²) in [5.74, 6) is -0.256. The van der Waals surface area contributed by atoms with E-state index < -0.39 is 11.9 Å². The van der Waals surface area contributed by atoms with E-state index in [4.69, 9.17) is 9.63 Å². The number of hydrogen-bond acceptors (Lipinski definition) is 4. The summed E-state index contributed by atoms with van der Waals surface area (Å²) in [6, 6.07) is 0. The fourth-order valence-corrected chi connectivity index (χ4v) is 1.35. The van der Waals surface area contributed by atoms with Crippen LogP contribution in [0.25, 0.3) is 0 Å². The second kappa shape index (κ2) is 3.40. The van der Waals surface area contributed by atoms with Gasteiger partial charge in [-0.2, -0.15) is 4.98 Å². The van der Waals surface area contributed by atoms with Crippen LogP contribution in [-0.2, 0) is 4.79 Å². The summed E-state index contributed by atoms with van der Waals surface area (Å²) in [5.41, 5.74) is 0. The van der Waals surface area contributed by atoms with Gasteiger partial charge in [0.2, 0.25) is 5.89 Å². The highest BCUT2D eigenvalue weighted by molar-refractivity contribution is 5.74. The van der Waals surface area contributed by atoms with Crippen LogP contribution in [0.3, 0.4) is 0 Å². The molecule has 1 aliphatic carbocycles. The zero-order valence-electron chi connectivity index (χ0n) is 7.93. The Bertz CT molecular complexity index is 344. The van der Waals surface area contributed by atoms with Gasteiger partial charge in [-0.15, -0.1) is 0 Å². The summed E-state index contributed by atoms with van der Waals surface area (Å²) in [6.07, 6.45) is 2.65. The number of hydrogen-bond donors (Lipinski definition) is 1. The third-order valence-corrected chi connectivity index (χ3v) is 2.40. The zero-order chi connectivity index (χ0) is 10.1. The Kier molecular flexibility index (Phi) is 2.23. The van der Waals surface area contributed by atoms with Crippen molar-refractivity contribution in [1.29, 1.82) is 0 Å². The van der Waals surface area contributed by atoms with E-state index in [1.54, 1.807) is 6.92 Å². The smallest absolute Gasteiger partial charge is 0.316 e. The average Bonchev–Trinajstić information content (AvgIpc) is 2.88. The normalized spacial score (nSPS) is 18.1. The van der Waals surface area contributed by atoms with Gasteiger partial charge < -0.3 is 9.63 Å². The van der Waals surface area contributed by atoms with E-state index in [1.807, 2.05) is 0 Å². The molecule has 0 bridgehead atoms. The largest absolute Gasteiger partial charge is 0.481 e. The summed E-state index contributed by atoms with van der Waals surface area (Å²) in [6.45, 7) is 1.79. The Morgan fingerprint density at radius 1 is 1.71 bits per heavy atom. The van der Waals surface area contributed by atoms with Crippen molar-refractivity contribution < 1.29 is 14.4 Å². The highest BCUT2D eigenvalue weighted by Gasteiger charge is 2.31. The van der Waals surface area contributed by atoms with Gasteiger partial charge in [0.25, 0.3) is 0 Å². The zero-order valence-corrected chi connectivity index (χ0v) is 7.93. The third kappa shape index (κ3) is 1.62. The molecule has 0 aliphatic heterocycles. The van der Waals surface area contributed by atoms with Crippen molar-refractivity contribution in [3.8, 4) is 0 Å². The Labute approximate surface area is 81.1 Å². The van der Waals surface area contributed by atoms with Crippen LogP contribution < -0.4 is 0 Å². The lowest BCUT2D eigenvalue weighted by atomic mass is 10.1. The molecule has 1 unspecified atom stereocenters. The van der Waals surface area contributed by atoms with Gasteiger partial charge in [-0.3, -0.25) is 4.79 Å². The molecule has 2 rings (SSSR count). The van der Waals surface area contributed by atoms with Gasteiger partial charge in [0.1, 0.15) is 5.92 Å². The monoisotopic (exact) mass is 196 g/mol. The summed E-state index contributed by atoms with van der Waals surface area (Å²) in [7, 11) is 0. The molecule has 1 aromatic rings. The first-order valence-electron chi connectivity index (χ1n) is 4.78. The Hall–Kier alpha value is -1.39.